The highest BCUT2D eigenvalue weighted by Gasteiger charge is 2.20. The second-order valence-corrected chi connectivity index (χ2v) is 8.31. The predicted molar refractivity (Wildman–Crippen MR) is 133 cm³/mol. The smallest absolute Gasteiger partial charge is 0.270 e. The molecule has 0 radical (unpaired) electrons. The van der Waals surface area contributed by atoms with Gasteiger partial charge < -0.3 is 13.9 Å². The summed E-state index contributed by atoms with van der Waals surface area (Å²) in [5, 5.41) is 4.97. The van der Waals surface area contributed by atoms with Gasteiger partial charge in [0.05, 0.1) is 29.1 Å². The van der Waals surface area contributed by atoms with Gasteiger partial charge >= 0.3 is 0 Å². The molecule has 2 aromatic carbocycles. The number of amides is 2. The van der Waals surface area contributed by atoms with Crippen molar-refractivity contribution in [2.45, 2.75) is 6.54 Å². The second-order valence-electron chi connectivity index (χ2n) is 8.31. The molecule has 0 saturated carbocycles. The number of pyridine rings is 1. The Morgan fingerprint density at radius 2 is 1.70 bits per heavy atom. The van der Waals surface area contributed by atoms with E-state index in [0.29, 0.717) is 64.9 Å². The van der Waals surface area contributed by atoms with Crippen LogP contribution in [0.1, 0.15) is 26.5 Å². The van der Waals surface area contributed by atoms with Crippen LogP contribution in [0.2, 0.25) is 0 Å². The summed E-state index contributed by atoms with van der Waals surface area (Å²) < 4.78 is 18.2. The minimum atomic E-state index is -0.506. The van der Waals surface area contributed by atoms with E-state index in [4.69, 9.17) is 18.9 Å². The van der Waals surface area contributed by atoms with Crippen molar-refractivity contribution in [3.8, 4) is 22.8 Å². The van der Waals surface area contributed by atoms with Crippen molar-refractivity contribution in [3.63, 3.8) is 0 Å². The highest BCUT2D eigenvalue weighted by atomic mass is 16.6. The highest BCUT2D eigenvalue weighted by molar-refractivity contribution is 6.07. The van der Waals surface area contributed by atoms with E-state index in [1.165, 1.54) is 0 Å². The lowest BCUT2D eigenvalue weighted by Gasteiger charge is -2.18. The summed E-state index contributed by atoms with van der Waals surface area (Å²) in [6, 6.07) is 19.7. The molecule has 2 amide bonds. The number of carbonyl (C=O) groups is 2. The van der Waals surface area contributed by atoms with E-state index in [9.17, 15) is 9.59 Å². The van der Waals surface area contributed by atoms with E-state index in [1.54, 1.807) is 47.5 Å². The number of benzene rings is 2. The molecule has 0 saturated heterocycles. The maximum absolute atomic E-state index is 13.3. The van der Waals surface area contributed by atoms with Crippen molar-refractivity contribution >= 4 is 22.8 Å². The van der Waals surface area contributed by atoms with Crippen LogP contribution in [-0.4, -0.2) is 39.8 Å². The van der Waals surface area contributed by atoms with Crippen LogP contribution in [0.4, 0.5) is 0 Å². The van der Waals surface area contributed by atoms with Crippen LogP contribution in [0.15, 0.2) is 83.6 Å². The minimum absolute atomic E-state index is 0.317. The van der Waals surface area contributed by atoms with Gasteiger partial charge in [-0.05, 0) is 36.4 Å². The predicted octanol–water partition coefficient (Wildman–Crippen LogP) is 3.59. The fourth-order valence-electron chi connectivity index (χ4n) is 4.10. The Morgan fingerprint density at radius 3 is 2.51 bits per heavy atom. The molecule has 0 atom stereocenters. The largest absolute Gasteiger partial charge is 0.486 e. The molecule has 184 valence electrons. The molecule has 37 heavy (non-hydrogen) atoms. The van der Waals surface area contributed by atoms with Gasteiger partial charge in [0.1, 0.15) is 25.5 Å². The highest BCUT2D eigenvalue weighted by Crippen LogP contribution is 2.30. The summed E-state index contributed by atoms with van der Waals surface area (Å²) >= 11 is 0. The number of nitrogens with zero attached hydrogens (tertiary/aromatic N) is 3. The van der Waals surface area contributed by atoms with Crippen LogP contribution in [0.3, 0.4) is 0 Å². The molecule has 1 aliphatic heterocycles. The molecule has 10 nitrogen and oxygen atoms in total. The van der Waals surface area contributed by atoms with Crippen LogP contribution in [0.25, 0.3) is 22.3 Å². The zero-order valence-electron chi connectivity index (χ0n) is 19.5. The maximum atomic E-state index is 13.3. The van der Waals surface area contributed by atoms with Gasteiger partial charge in [0.2, 0.25) is 0 Å². The van der Waals surface area contributed by atoms with E-state index >= 15 is 0 Å². The third kappa shape index (κ3) is 4.47. The van der Waals surface area contributed by atoms with Gasteiger partial charge in [-0.15, -0.1) is 0 Å². The van der Waals surface area contributed by atoms with E-state index in [1.807, 2.05) is 36.4 Å². The van der Waals surface area contributed by atoms with Crippen molar-refractivity contribution in [1.29, 1.82) is 0 Å². The van der Waals surface area contributed by atoms with Crippen molar-refractivity contribution < 1.29 is 23.5 Å². The number of ether oxygens (including phenoxy) is 2. The fourth-order valence-corrected chi connectivity index (χ4v) is 4.10. The number of hydrogen-bond donors (Lipinski definition) is 2. The van der Waals surface area contributed by atoms with Crippen molar-refractivity contribution in [2.24, 2.45) is 0 Å². The summed E-state index contributed by atoms with van der Waals surface area (Å²) in [6.07, 6.45) is 3.17. The van der Waals surface area contributed by atoms with Crippen molar-refractivity contribution in [3.05, 3.63) is 96.1 Å². The van der Waals surface area contributed by atoms with Crippen LogP contribution in [0, 0.1) is 0 Å². The first-order chi connectivity index (χ1) is 18.2. The van der Waals surface area contributed by atoms with Gasteiger partial charge in [-0.1, -0.05) is 30.3 Å². The Kier molecular flexibility index (Phi) is 5.74. The molecule has 0 fully saturated rings. The molecule has 0 bridgehead atoms. The van der Waals surface area contributed by atoms with E-state index in [0.717, 1.165) is 5.56 Å². The summed E-state index contributed by atoms with van der Waals surface area (Å²) in [4.78, 5) is 30.8. The fraction of sp³-hybridized carbons (Fsp3) is 0.111. The second kappa shape index (κ2) is 9.50. The Hall–Kier alpha value is -5.12. The number of rotatable bonds is 5. The molecule has 1 aliphatic rings. The number of hydrogen-bond acceptors (Lipinski definition) is 7. The van der Waals surface area contributed by atoms with E-state index in [2.05, 4.69) is 16.0 Å². The number of carbonyl (C=O) groups excluding carboxylic acids is 2. The summed E-state index contributed by atoms with van der Waals surface area (Å²) in [6.45, 7) is 1.21. The van der Waals surface area contributed by atoms with Gasteiger partial charge in [0.25, 0.3) is 11.8 Å². The Bertz CT molecular complexity index is 1590. The van der Waals surface area contributed by atoms with Gasteiger partial charge in [-0.3, -0.25) is 20.4 Å². The Balaban J connectivity index is 1.29. The molecule has 3 aromatic heterocycles. The first-order valence-electron chi connectivity index (χ1n) is 11.6. The third-order valence-electron chi connectivity index (χ3n) is 5.90. The average Bonchev–Trinajstić information content (AvgIpc) is 3.61. The quantitative estimate of drug-likeness (QED) is 0.358. The average molecular weight is 495 g/mol. The van der Waals surface area contributed by atoms with Gasteiger partial charge in [0.15, 0.2) is 17.1 Å². The molecular formula is C27H21N5O5. The summed E-state index contributed by atoms with van der Waals surface area (Å²) in [7, 11) is 0. The lowest BCUT2D eigenvalue weighted by atomic mass is 10.1. The number of furan rings is 1. The zero-order chi connectivity index (χ0) is 25.2. The van der Waals surface area contributed by atoms with Crippen molar-refractivity contribution in [1.82, 2.24) is 25.6 Å². The molecule has 10 heteroatoms. The minimum Gasteiger partial charge on any atom is -0.486 e. The molecule has 5 aromatic rings. The molecule has 0 unspecified atom stereocenters. The number of hydrazine groups is 1. The standard InChI is InChI=1S/C27H21N5O5/c33-26(18-8-9-23-24(13-18)37-12-11-36-23)30-31-27(34)20-14-22(17-5-2-1-3-6-17)29-25-21(20)15-28-32(25)16-19-7-4-10-35-19/h1-10,13-15H,11-12,16H2,(H,30,33)(H,31,34). The van der Waals surface area contributed by atoms with Crippen LogP contribution >= 0.6 is 0 Å². The monoisotopic (exact) mass is 495 g/mol. The number of aromatic nitrogens is 3. The molecular weight excluding hydrogens is 474 g/mol. The van der Waals surface area contributed by atoms with Crippen LogP contribution in [0.5, 0.6) is 11.5 Å². The maximum Gasteiger partial charge on any atom is 0.270 e. The number of nitrogens with one attached hydrogen (secondary N) is 2. The Morgan fingerprint density at radius 1 is 0.892 bits per heavy atom. The van der Waals surface area contributed by atoms with Crippen LogP contribution < -0.4 is 20.3 Å². The van der Waals surface area contributed by atoms with Gasteiger partial charge in [0, 0.05) is 11.1 Å². The SMILES string of the molecule is O=C(NNC(=O)c1cc(-c2ccccc2)nc2c1cnn2Cc1ccco1)c1ccc2c(c1)OCCO2. The lowest BCUT2D eigenvalue weighted by Crippen LogP contribution is -2.41. The molecule has 2 N–H and O–H groups in total. The molecule has 0 spiro atoms. The van der Waals surface area contributed by atoms with Gasteiger partial charge in [-0.25, -0.2) is 9.67 Å². The lowest BCUT2D eigenvalue weighted by molar-refractivity contribution is 0.0847. The normalized spacial score (nSPS) is 12.3. The van der Waals surface area contributed by atoms with Gasteiger partial charge in [-0.2, -0.15) is 5.10 Å². The third-order valence-corrected chi connectivity index (χ3v) is 5.90. The molecule has 6 rings (SSSR count). The first kappa shape index (κ1) is 22.4. The zero-order valence-corrected chi connectivity index (χ0v) is 19.5. The van der Waals surface area contributed by atoms with E-state index in [-0.39, 0.29) is 0 Å². The Labute approximate surface area is 210 Å². The van der Waals surface area contributed by atoms with Crippen LogP contribution in [-0.2, 0) is 6.54 Å². The topological polar surface area (TPSA) is 121 Å². The molecule has 4 heterocycles. The number of fused-ring (bicyclic) bond motifs is 2. The first-order valence-corrected chi connectivity index (χ1v) is 11.6. The summed E-state index contributed by atoms with van der Waals surface area (Å²) in [5.74, 6) is 0.763. The molecule has 0 aliphatic carbocycles. The summed E-state index contributed by atoms with van der Waals surface area (Å²) in [5.41, 5.74) is 7.57. The van der Waals surface area contributed by atoms with Crippen molar-refractivity contribution in [2.75, 3.05) is 13.2 Å². The van der Waals surface area contributed by atoms with E-state index < -0.39 is 11.8 Å².